The van der Waals surface area contributed by atoms with Gasteiger partial charge in [-0.05, 0) is 18.8 Å². The molecule has 0 aliphatic heterocycles. The smallest absolute Gasteiger partial charge is 0.306 e. The first-order valence-corrected chi connectivity index (χ1v) is 5.27. The Hall–Kier alpha value is -0.690. The highest BCUT2D eigenvalue weighted by atomic mass is 16.4. The van der Waals surface area contributed by atoms with E-state index in [1.807, 2.05) is 0 Å². The van der Waals surface area contributed by atoms with Crippen molar-refractivity contribution in [1.29, 1.82) is 0 Å². The number of hydrogen-bond acceptors (Lipinski definition) is 5. The molecular weight excluding hydrogens is 216 g/mol. The Kier molecular flexibility index (Phi) is 7.24. The fraction of sp³-hybridized carbons (Fsp3) is 0.900. The highest BCUT2D eigenvalue weighted by Gasteiger charge is 2.37. The van der Waals surface area contributed by atoms with Gasteiger partial charge >= 0.3 is 5.97 Å². The predicted octanol–water partition coefficient (Wildman–Crippen LogP) is -1.04. The molecule has 5 N–H and O–H groups in total. The molecule has 0 bridgehead atoms. The van der Waals surface area contributed by atoms with Crippen molar-refractivity contribution in [2.24, 2.45) is 5.92 Å². The second kappa shape index (κ2) is 7.56. The summed E-state index contributed by atoms with van der Waals surface area (Å²) in [7, 11) is 0. The number of carboxylic acid groups (broad SMARTS) is 1. The summed E-state index contributed by atoms with van der Waals surface area (Å²) in [4.78, 5) is 10.6. The molecule has 0 spiro atoms. The van der Waals surface area contributed by atoms with Crippen LogP contribution in [0, 0.1) is 5.92 Å². The Balaban J connectivity index is 4.70. The topological polar surface area (TPSA) is 118 Å². The SMILES string of the molecule is O=C(O)CC(O)(CCO)C(CCO)CCO. The van der Waals surface area contributed by atoms with Gasteiger partial charge in [0, 0.05) is 26.2 Å². The molecule has 0 aromatic carbocycles. The first kappa shape index (κ1) is 15.3. The fourth-order valence-corrected chi connectivity index (χ4v) is 1.89. The molecule has 0 saturated carbocycles. The Morgan fingerprint density at radius 1 is 1.06 bits per heavy atom. The van der Waals surface area contributed by atoms with Crippen LogP contribution in [0.4, 0.5) is 0 Å². The van der Waals surface area contributed by atoms with Gasteiger partial charge in [-0.25, -0.2) is 0 Å². The zero-order valence-electron chi connectivity index (χ0n) is 9.17. The molecule has 0 rings (SSSR count). The minimum Gasteiger partial charge on any atom is -0.481 e. The first-order valence-electron chi connectivity index (χ1n) is 5.27. The van der Waals surface area contributed by atoms with Crippen LogP contribution in [0.3, 0.4) is 0 Å². The van der Waals surface area contributed by atoms with E-state index in [0.717, 1.165) is 0 Å². The highest BCUT2D eigenvalue weighted by Crippen LogP contribution is 2.30. The lowest BCUT2D eigenvalue weighted by atomic mass is 9.78. The highest BCUT2D eigenvalue weighted by molar-refractivity contribution is 5.68. The largest absolute Gasteiger partial charge is 0.481 e. The van der Waals surface area contributed by atoms with Crippen LogP contribution in [-0.4, -0.2) is 56.9 Å². The quantitative estimate of drug-likeness (QED) is 0.349. The van der Waals surface area contributed by atoms with Crippen LogP contribution in [0.25, 0.3) is 0 Å². The van der Waals surface area contributed by atoms with Gasteiger partial charge in [-0.3, -0.25) is 4.79 Å². The average Bonchev–Trinajstić information content (AvgIpc) is 2.16. The van der Waals surface area contributed by atoms with E-state index in [-0.39, 0.29) is 39.1 Å². The summed E-state index contributed by atoms with van der Waals surface area (Å²) < 4.78 is 0. The van der Waals surface area contributed by atoms with Gasteiger partial charge in [0.25, 0.3) is 0 Å². The maximum absolute atomic E-state index is 10.6. The third kappa shape index (κ3) is 4.89. The molecule has 1 unspecified atom stereocenters. The van der Waals surface area contributed by atoms with Gasteiger partial charge in [-0.1, -0.05) is 0 Å². The van der Waals surface area contributed by atoms with Gasteiger partial charge in [-0.2, -0.15) is 0 Å². The Bertz CT molecular complexity index is 201. The maximum Gasteiger partial charge on any atom is 0.306 e. The molecule has 0 aromatic rings. The number of aliphatic hydroxyl groups excluding tert-OH is 3. The van der Waals surface area contributed by atoms with Crippen LogP contribution in [0.5, 0.6) is 0 Å². The van der Waals surface area contributed by atoms with Crippen molar-refractivity contribution < 1.29 is 30.3 Å². The maximum atomic E-state index is 10.6. The minimum absolute atomic E-state index is 0.0794. The molecule has 1 atom stereocenters. The van der Waals surface area contributed by atoms with Crippen molar-refractivity contribution in [3.05, 3.63) is 0 Å². The van der Waals surface area contributed by atoms with Crippen molar-refractivity contribution in [2.45, 2.75) is 31.3 Å². The van der Waals surface area contributed by atoms with Gasteiger partial charge in [-0.15, -0.1) is 0 Å². The number of rotatable bonds is 9. The summed E-state index contributed by atoms with van der Waals surface area (Å²) in [5.74, 6) is -1.71. The molecule has 6 heteroatoms. The van der Waals surface area contributed by atoms with E-state index in [4.69, 9.17) is 20.4 Å². The molecular formula is C10H20O6. The number of aliphatic hydroxyl groups is 4. The lowest BCUT2D eigenvalue weighted by Gasteiger charge is -2.34. The lowest BCUT2D eigenvalue weighted by Crippen LogP contribution is -2.42. The fourth-order valence-electron chi connectivity index (χ4n) is 1.89. The van der Waals surface area contributed by atoms with Crippen molar-refractivity contribution in [3.63, 3.8) is 0 Å². The van der Waals surface area contributed by atoms with E-state index in [0.29, 0.717) is 0 Å². The summed E-state index contributed by atoms with van der Waals surface area (Å²) in [6.07, 6.45) is -0.184. The molecule has 0 aliphatic carbocycles. The van der Waals surface area contributed by atoms with Gasteiger partial charge in [0.15, 0.2) is 0 Å². The zero-order chi connectivity index (χ0) is 12.6. The van der Waals surface area contributed by atoms with E-state index in [9.17, 15) is 9.90 Å². The second-order valence-electron chi connectivity index (χ2n) is 3.87. The molecule has 0 aliphatic rings. The van der Waals surface area contributed by atoms with Crippen LogP contribution in [-0.2, 0) is 4.79 Å². The summed E-state index contributed by atoms with van der Waals surface area (Å²) in [5, 5.41) is 45.3. The van der Waals surface area contributed by atoms with Crippen LogP contribution in [0.1, 0.15) is 25.7 Å². The molecule has 0 fully saturated rings. The lowest BCUT2D eigenvalue weighted by molar-refractivity contribution is -0.147. The summed E-state index contributed by atoms with van der Waals surface area (Å²) in [5.41, 5.74) is -1.58. The molecule has 16 heavy (non-hydrogen) atoms. The number of carbonyl (C=O) groups is 1. The summed E-state index contributed by atoms with van der Waals surface area (Å²) in [6, 6.07) is 0. The molecule has 0 saturated heterocycles. The molecule has 0 heterocycles. The molecule has 96 valence electrons. The predicted molar refractivity (Wildman–Crippen MR) is 55.8 cm³/mol. The van der Waals surface area contributed by atoms with Crippen molar-refractivity contribution >= 4 is 5.97 Å². The van der Waals surface area contributed by atoms with E-state index in [1.54, 1.807) is 0 Å². The monoisotopic (exact) mass is 236 g/mol. The average molecular weight is 236 g/mol. The van der Waals surface area contributed by atoms with Crippen molar-refractivity contribution in [1.82, 2.24) is 0 Å². The Labute approximate surface area is 94.2 Å². The van der Waals surface area contributed by atoms with Gasteiger partial charge in [0.05, 0.1) is 12.0 Å². The van der Waals surface area contributed by atoms with E-state index < -0.39 is 23.9 Å². The number of hydrogen-bond donors (Lipinski definition) is 5. The standard InChI is InChI=1S/C10H20O6/c11-4-1-8(2-5-12)10(16,3-6-13)7-9(14)15/h8,11-13,16H,1-7H2,(H,14,15). The summed E-state index contributed by atoms with van der Waals surface area (Å²) in [6.45, 7) is -0.729. The van der Waals surface area contributed by atoms with Crippen LogP contribution >= 0.6 is 0 Å². The Morgan fingerprint density at radius 3 is 1.88 bits per heavy atom. The second-order valence-corrected chi connectivity index (χ2v) is 3.87. The molecule has 0 radical (unpaired) electrons. The van der Waals surface area contributed by atoms with Crippen molar-refractivity contribution in [2.75, 3.05) is 19.8 Å². The molecule has 6 nitrogen and oxygen atoms in total. The third-order valence-electron chi connectivity index (χ3n) is 2.72. The molecule has 0 aromatic heterocycles. The van der Waals surface area contributed by atoms with Gasteiger partial charge in [0.1, 0.15) is 0 Å². The van der Waals surface area contributed by atoms with E-state index in [1.165, 1.54) is 0 Å². The van der Waals surface area contributed by atoms with Crippen LogP contribution in [0.15, 0.2) is 0 Å². The van der Waals surface area contributed by atoms with Crippen LogP contribution in [0.2, 0.25) is 0 Å². The Morgan fingerprint density at radius 2 is 1.56 bits per heavy atom. The number of carboxylic acids is 1. The first-order chi connectivity index (χ1) is 7.50. The number of aliphatic carboxylic acids is 1. The van der Waals surface area contributed by atoms with E-state index in [2.05, 4.69) is 0 Å². The van der Waals surface area contributed by atoms with Crippen LogP contribution < -0.4 is 0 Å². The van der Waals surface area contributed by atoms with Gasteiger partial charge < -0.3 is 25.5 Å². The minimum atomic E-state index is -1.58. The van der Waals surface area contributed by atoms with E-state index >= 15 is 0 Å². The normalized spacial score (nSPS) is 15.1. The van der Waals surface area contributed by atoms with Crippen molar-refractivity contribution in [3.8, 4) is 0 Å². The van der Waals surface area contributed by atoms with Gasteiger partial charge in [0.2, 0.25) is 0 Å². The third-order valence-corrected chi connectivity index (χ3v) is 2.72. The zero-order valence-corrected chi connectivity index (χ0v) is 9.17. The molecule has 0 amide bonds. The summed E-state index contributed by atoms with van der Waals surface area (Å²) >= 11 is 0.